The lowest BCUT2D eigenvalue weighted by Crippen LogP contribution is -2.17. The van der Waals surface area contributed by atoms with Crippen molar-refractivity contribution < 1.29 is 0 Å². The average Bonchev–Trinajstić information content (AvgIpc) is 2.82. The summed E-state index contributed by atoms with van der Waals surface area (Å²) in [5.74, 6) is 2.08. The van der Waals surface area contributed by atoms with Gasteiger partial charge in [0.25, 0.3) is 0 Å². The van der Waals surface area contributed by atoms with Crippen LogP contribution < -0.4 is 0 Å². The predicted molar refractivity (Wildman–Crippen MR) is 78.9 cm³/mol. The molecule has 0 spiro atoms. The van der Waals surface area contributed by atoms with Crippen molar-refractivity contribution in [2.24, 2.45) is 11.0 Å². The van der Waals surface area contributed by atoms with Crippen molar-refractivity contribution in [1.82, 2.24) is 14.9 Å². The van der Waals surface area contributed by atoms with E-state index >= 15 is 0 Å². The second-order valence-corrected chi connectivity index (χ2v) is 6.04. The van der Waals surface area contributed by atoms with Gasteiger partial charge in [0.2, 0.25) is 5.16 Å². The molecule has 0 amide bonds. The summed E-state index contributed by atoms with van der Waals surface area (Å²) in [4.78, 5) is 0. The van der Waals surface area contributed by atoms with Gasteiger partial charge in [-0.25, -0.2) is 0 Å². The van der Waals surface area contributed by atoms with E-state index in [0.29, 0.717) is 10.9 Å². The number of benzene rings is 1. The number of fused-ring (bicyclic) bond motifs is 1. The Balaban J connectivity index is 2.07. The molecule has 0 saturated carbocycles. The third-order valence-electron chi connectivity index (χ3n) is 2.96. The van der Waals surface area contributed by atoms with E-state index in [4.69, 9.17) is 11.6 Å². The Labute approximate surface area is 120 Å². The molecule has 1 aliphatic rings. The lowest BCUT2D eigenvalue weighted by Gasteiger charge is -2.15. The van der Waals surface area contributed by atoms with Gasteiger partial charge in [0.1, 0.15) is 0 Å². The summed E-state index contributed by atoms with van der Waals surface area (Å²) >= 11 is 7.58. The van der Waals surface area contributed by atoms with Crippen LogP contribution in [-0.4, -0.2) is 26.3 Å². The first-order chi connectivity index (χ1) is 9.15. The Morgan fingerprint density at radius 3 is 2.63 bits per heavy atom. The number of nitrogens with zero attached hydrogens (tertiary/aromatic N) is 4. The number of halogens is 1. The van der Waals surface area contributed by atoms with Gasteiger partial charge in [-0.15, -0.1) is 10.2 Å². The molecule has 0 fully saturated rings. The summed E-state index contributed by atoms with van der Waals surface area (Å²) in [6.07, 6.45) is 0. The highest BCUT2D eigenvalue weighted by Gasteiger charge is 2.20. The summed E-state index contributed by atoms with van der Waals surface area (Å²) < 4.78 is 1.83. The molecule has 0 atom stereocenters. The number of thioether (sulfide) groups is 1. The van der Waals surface area contributed by atoms with E-state index < -0.39 is 0 Å². The van der Waals surface area contributed by atoms with Gasteiger partial charge in [0.15, 0.2) is 5.82 Å². The lowest BCUT2D eigenvalue weighted by atomic mass is 10.1. The molecule has 98 valence electrons. The summed E-state index contributed by atoms with van der Waals surface area (Å²) in [5.41, 5.74) is 2.13. The second kappa shape index (κ2) is 4.98. The highest BCUT2D eigenvalue weighted by atomic mass is 35.5. The average molecular weight is 293 g/mol. The van der Waals surface area contributed by atoms with Crippen LogP contribution in [0.3, 0.4) is 0 Å². The van der Waals surface area contributed by atoms with Crippen LogP contribution in [-0.2, 0) is 0 Å². The minimum Gasteiger partial charge on any atom is -0.187 e. The zero-order valence-corrected chi connectivity index (χ0v) is 12.2. The standard InChI is InChI=1S/C13H13ClN4S/c1-8(2)11-7-19-13-16-15-12(18(13)17-11)9-3-5-10(14)6-4-9/h3-6,8H,7H2,1-2H3. The van der Waals surface area contributed by atoms with Crippen molar-refractivity contribution in [1.29, 1.82) is 0 Å². The summed E-state index contributed by atoms with van der Waals surface area (Å²) in [6.45, 7) is 4.30. The molecule has 2 heterocycles. The topological polar surface area (TPSA) is 43.1 Å². The molecule has 1 aromatic carbocycles. The third-order valence-corrected chi connectivity index (χ3v) is 4.16. The van der Waals surface area contributed by atoms with Crippen molar-refractivity contribution in [2.75, 3.05) is 5.75 Å². The van der Waals surface area contributed by atoms with Gasteiger partial charge in [-0.1, -0.05) is 37.2 Å². The van der Waals surface area contributed by atoms with Gasteiger partial charge in [-0.05, 0) is 30.2 Å². The maximum absolute atomic E-state index is 5.91. The molecule has 2 aromatic rings. The maximum Gasteiger partial charge on any atom is 0.212 e. The number of hydrogen-bond donors (Lipinski definition) is 0. The molecule has 3 rings (SSSR count). The smallest absolute Gasteiger partial charge is 0.187 e. The largest absolute Gasteiger partial charge is 0.212 e. The first-order valence-corrected chi connectivity index (χ1v) is 7.43. The van der Waals surface area contributed by atoms with Crippen molar-refractivity contribution in [3.63, 3.8) is 0 Å². The van der Waals surface area contributed by atoms with Gasteiger partial charge in [-0.3, -0.25) is 0 Å². The van der Waals surface area contributed by atoms with Gasteiger partial charge in [-0.2, -0.15) is 9.78 Å². The van der Waals surface area contributed by atoms with Crippen LogP contribution in [0.15, 0.2) is 34.5 Å². The zero-order chi connectivity index (χ0) is 13.4. The zero-order valence-electron chi connectivity index (χ0n) is 10.7. The molecule has 0 bridgehead atoms. The van der Waals surface area contributed by atoms with Crippen molar-refractivity contribution in [2.45, 2.75) is 19.0 Å². The summed E-state index contributed by atoms with van der Waals surface area (Å²) in [6, 6.07) is 7.57. The summed E-state index contributed by atoms with van der Waals surface area (Å²) in [7, 11) is 0. The second-order valence-electron chi connectivity index (χ2n) is 4.66. The normalized spacial score (nSPS) is 14.4. The van der Waals surface area contributed by atoms with Crippen molar-refractivity contribution in [3.05, 3.63) is 29.3 Å². The molecular weight excluding hydrogens is 280 g/mol. The molecule has 0 N–H and O–H groups in total. The molecule has 0 saturated heterocycles. The fourth-order valence-corrected chi connectivity index (χ4v) is 2.94. The first kappa shape index (κ1) is 12.7. The fraction of sp³-hybridized carbons (Fsp3) is 0.308. The molecule has 0 aliphatic carbocycles. The Bertz CT molecular complexity index is 631. The monoisotopic (exact) mass is 292 g/mol. The van der Waals surface area contributed by atoms with E-state index in [2.05, 4.69) is 29.1 Å². The molecular formula is C13H13ClN4S. The van der Waals surface area contributed by atoms with Crippen molar-refractivity contribution in [3.8, 4) is 11.4 Å². The highest BCUT2D eigenvalue weighted by Crippen LogP contribution is 2.28. The number of aromatic nitrogens is 3. The van der Waals surface area contributed by atoms with Crippen LogP contribution in [0.5, 0.6) is 0 Å². The van der Waals surface area contributed by atoms with Crippen LogP contribution in [0.1, 0.15) is 13.8 Å². The van der Waals surface area contributed by atoms with E-state index in [1.165, 1.54) is 0 Å². The van der Waals surface area contributed by atoms with E-state index in [-0.39, 0.29) is 0 Å². The highest BCUT2D eigenvalue weighted by molar-refractivity contribution is 7.99. The summed E-state index contributed by atoms with van der Waals surface area (Å²) in [5, 5.41) is 14.6. The Hall–Kier alpha value is -1.33. The minimum atomic E-state index is 0.432. The molecule has 19 heavy (non-hydrogen) atoms. The fourth-order valence-electron chi connectivity index (χ4n) is 1.80. The Morgan fingerprint density at radius 2 is 1.95 bits per heavy atom. The third kappa shape index (κ3) is 2.40. The van der Waals surface area contributed by atoms with E-state index in [9.17, 15) is 0 Å². The molecule has 4 nitrogen and oxygen atoms in total. The van der Waals surface area contributed by atoms with Crippen LogP contribution in [0.25, 0.3) is 11.4 Å². The van der Waals surface area contributed by atoms with Crippen LogP contribution in [0.4, 0.5) is 0 Å². The molecule has 6 heteroatoms. The minimum absolute atomic E-state index is 0.432. The van der Waals surface area contributed by atoms with Crippen molar-refractivity contribution >= 4 is 29.1 Å². The maximum atomic E-state index is 5.91. The molecule has 1 aromatic heterocycles. The molecule has 0 unspecified atom stereocenters. The lowest BCUT2D eigenvalue weighted by molar-refractivity contribution is 0.736. The Morgan fingerprint density at radius 1 is 1.21 bits per heavy atom. The molecule has 0 radical (unpaired) electrons. The number of hydrogen-bond acceptors (Lipinski definition) is 4. The van der Waals surface area contributed by atoms with Gasteiger partial charge in [0.05, 0.1) is 5.71 Å². The van der Waals surface area contributed by atoms with Gasteiger partial charge in [0, 0.05) is 16.3 Å². The first-order valence-electron chi connectivity index (χ1n) is 6.07. The van der Waals surface area contributed by atoms with Gasteiger partial charge >= 0.3 is 0 Å². The predicted octanol–water partition coefficient (Wildman–Crippen LogP) is 3.56. The SMILES string of the molecule is CC(C)C1=Nn2c(nnc2-c2ccc(Cl)cc2)SC1. The van der Waals surface area contributed by atoms with E-state index in [0.717, 1.165) is 28.0 Å². The quantitative estimate of drug-likeness (QED) is 0.850. The van der Waals surface area contributed by atoms with Gasteiger partial charge < -0.3 is 0 Å². The van der Waals surface area contributed by atoms with E-state index in [1.807, 2.05) is 28.9 Å². The van der Waals surface area contributed by atoms with Crippen LogP contribution >= 0.6 is 23.4 Å². The number of rotatable bonds is 2. The Kier molecular flexibility index (Phi) is 3.33. The van der Waals surface area contributed by atoms with Crippen LogP contribution in [0.2, 0.25) is 5.02 Å². The van der Waals surface area contributed by atoms with E-state index in [1.54, 1.807) is 11.8 Å². The molecule has 1 aliphatic heterocycles. The van der Waals surface area contributed by atoms with Crippen LogP contribution in [0, 0.1) is 5.92 Å².